The Morgan fingerprint density at radius 1 is 1.38 bits per heavy atom. The van der Waals surface area contributed by atoms with E-state index in [1.165, 1.54) is 25.7 Å². The second-order valence-corrected chi connectivity index (χ2v) is 4.13. The SMILES string of the molecule is CCCC(CCC)Nc1cnn(CCO)c1. The Bertz CT molecular complexity index is 280. The second kappa shape index (κ2) is 7.28. The van der Waals surface area contributed by atoms with Crippen LogP contribution >= 0.6 is 0 Å². The van der Waals surface area contributed by atoms with E-state index in [4.69, 9.17) is 5.11 Å². The molecule has 4 nitrogen and oxygen atoms in total. The lowest BCUT2D eigenvalue weighted by Crippen LogP contribution is -2.18. The first-order valence-electron chi connectivity index (χ1n) is 6.20. The number of aromatic nitrogens is 2. The minimum Gasteiger partial charge on any atom is -0.394 e. The molecule has 4 heteroatoms. The fraction of sp³-hybridized carbons (Fsp3) is 0.750. The minimum atomic E-state index is 0.133. The molecule has 92 valence electrons. The zero-order valence-corrected chi connectivity index (χ0v) is 10.3. The van der Waals surface area contributed by atoms with Gasteiger partial charge in [0.15, 0.2) is 0 Å². The van der Waals surface area contributed by atoms with Gasteiger partial charge in [-0.15, -0.1) is 0 Å². The molecule has 16 heavy (non-hydrogen) atoms. The zero-order valence-electron chi connectivity index (χ0n) is 10.3. The van der Waals surface area contributed by atoms with Gasteiger partial charge in [0.2, 0.25) is 0 Å². The molecule has 0 saturated heterocycles. The molecule has 1 rings (SSSR count). The summed E-state index contributed by atoms with van der Waals surface area (Å²) in [5, 5.41) is 16.5. The third-order valence-corrected chi connectivity index (χ3v) is 2.61. The van der Waals surface area contributed by atoms with Crippen molar-refractivity contribution in [1.82, 2.24) is 9.78 Å². The lowest BCUT2D eigenvalue weighted by Gasteiger charge is -2.16. The average Bonchev–Trinajstić information content (AvgIpc) is 2.67. The molecule has 1 heterocycles. The van der Waals surface area contributed by atoms with Gasteiger partial charge in [0, 0.05) is 12.2 Å². The molecule has 0 aromatic carbocycles. The smallest absolute Gasteiger partial charge is 0.0728 e. The van der Waals surface area contributed by atoms with Crippen LogP contribution in [0, 0.1) is 0 Å². The van der Waals surface area contributed by atoms with Crippen LogP contribution in [0.25, 0.3) is 0 Å². The first-order chi connectivity index (χ1) is 7.80. The number of hydrogen-bond acceptors (Lipinski definition) is 3. The van der Waals surface area contributed by atoms with Crippen LogP contribution in [0.3, 0.4) is 0 Å². The van der Waals surface area contributed by atoms with Crippen LogP contribution in [0.15, 0.2) is 12.4 Å². The Balaban J connectivity index is 2.48. The van der Waals surface area contributed by atoms with Gasteiger partial charge in [-0.1, -0.05) is 26.7 Å². The van der Waals surface area contributed by atoms with E-state index in [0.29, 0.717) is 12.6 Å². The summed E-state index contributed by atoms with van der Waals surface area (Å²) >= 11 is 0. The summed E-state index contributed by atoms with van der Waals surface area (Å²) in [6.07, 6.45) is 8.56. The highest BCUT2D eigenvalue weighted by Gasteiger charge is 2.07. The molecule has 1 aromatic rings. The van der Waals surface area contributed by atoms with E-state index >= 15 is 0 Å². The standard InChI is InChI=1S/C12H23N3O/c1-3-5-11(6-4-2)14-12-9-13-15(10-12)7-8-16/h9-11,14,16H,3-8H2,1-2H3. The van der Waals surface area contributed by atoms with E-state index in [1.807, 2.05) is 12.4 Å². The Hall–Kier alpha value is -1.03. The molecule has 0 aliphatic carbocycles. The van der Waals surface area contributed by atoms with Crippen LogP contribution in [-0.2, 0) is 6.54 Å². The van der Waals surface area contributed by atoms with Crippen molar-refractivity contribution in [3.05, 3.63) is 12.4 Å². The van der Waals surface area contributed by atoms with Gasteiger partial charge in [-0.3, -0.25) is 4.68 Å². The number of aliphatic hydroxyl groups is 1. The predicted molar refractivity (Wildman–Crippen MR) is 66.5 cm³/mol. The van der Waals surface area contributed by atoms with Crippen LogP contribution in [0.2, 0.25) is 0 Å². The van der Waals surface area contributed by atoms with E-state index in [2.05, 4.69) is 24.3 Å². The molecule has 0 aliphatic rings. The van der Waals surface area contributed by atoms with E-state index in [1.54, 1.807) is 4.68 Å². The summed E-state index contributed by atoms with van der Waals surface area (Å²) in [4.78, 5) is 0. The Morgan fingerprint density at radius 3 is 2.62 bits per heavy atom. The monoisotopic (exact) mass is 225 g/mol. The van der Waals surface area contributed by atoms with Gasteiger partial charge >= 0.3 is 0 Å². The quantitative estimate of drug-likeness (QED) is 0.713. The van der Waals surface area contributed by atoms with Crippen molar-refractivity contribution in [3.8, 4) is 0 Å². The molecule has 0 spiro atoms. The number of hydrogen-bond donors (Lipinski definition) is 2. The third kappa shape index (κ3) is 4.23. The van der Waals surface area contributed by atoms with Crippen LogP contribution < -0.4 is 5.32 Å². The zero-order chi connectivity index (χ0) is 11.8. The number of anilines is 1. The molecule has 0 amide bonds. The lowest BCUT2D eigenvalue weighted by molar-refractivity contribution is 0.269. The molecule has 2 N–H and O–H groups in total. The average molecular weight is 225 g/mol. The Morgan fingerprint density at radius 2 is 2.06 bits per heavy atom. The maximum absolute atomic E-state index is 8.80. The van der Waals surface area contributed by atoms with Crippen molar-refractivity contribution in [3.63, 3.8) is 0 Å². The molecule has 0 bridgehead atoms. The van der Waals surface area contributed by atoms with E-state index < -0.39 is 0 Å². The Labute approximate surface area is 97.7 Å². The summed E-state index contributed by atoms with van der Waals surface area (Å²) in [6, 6.07) is 0.543. The largest absolute Gasteiger partial charge is 0.394 e. The van der Waals surface area contributed by atoms with E-state index in [0.717, 1.165) is 5.69 Å². The van der Waals surface area contributed by atoms with Crippen LogP contribution in [0.5, 0.6) is 0 Å². The summed E-state index contributed by atoms with van der Waals surface area (Å²) in [6.45, 7) is 5.11. The normalized spacial score (nSPS) is 11.0. The molecule has 0 unspecified atom stereocenters. The molecule has 0 aliphatic heterocycles. The number of aliphatic hydroxyl groups excluding tert-OH is 1. The second-order valence-electron chi connectivity index (χ2n) is 4.13. The molecule has 1 aromatic heterocycles. The van der Waals surface area contributed by atoms with Gasteiger partial charge in [0.05, 0.1) is 25.0 Å². The maximum Gasteiger partial charge on any atom is 0.0728 e. The highest BCUT2D eigenvalue weighted by molar-refractivity contribution is 5.39. The van der Waals surface area contributed by atoms with Crippen molar-refractivity contribution in [1.29, 1.82) is 0 Å². The summed E-state index contributed by atoms with van der Waals surface area (Å²) in [5.41, 5.74) is 1.06. The van der Waals surface area contributed by atoms with Gasteiger partial charge in [-0.05, 0) is 12.8 Å². The van der Waals surface area contributed by atoms with Gasteiger partial charge in [0.1, 0.15) is 0 Å². The van der Waals surface area contributed by atoms with Crippen LogP contribution in [0.1, 0.15) is 39.5 Å². The van der Waals surface area contributed by atoms with Crippen molar-refractivity contribution < 1.29 is 5.11 Å². The first-order valence-corrected chi connectivity index (χ1v) is 6.20. The van der Waals surface area contributed by atoms with Crippen LogP contribution in [0.4, 0.5) is 5.69 Å². The number of rotatable bonds is 8. The van der Waals surface area contributed by atoms with Gasteiger partial charge < -0.3 is 10.4 Å². The van der Waals surface area contributed by atoms with Crippen LogP contribution in [-0.4, -0.2) is 27.5 Å². The Kier molecular flexibility index (Phi) is 5.93. The van der Waals surface area contributed by atoms with Crippen molar-refractivity contribution in [2.24, 2.45) is 0 Å². The van der Waals surface area contributed by atoms with E-state index in [-0.39, 0.29) is 6.61 Å². The molecule has 0 radical (unpaired) electrons. The van der Waals surface area contributed by atoms with Gasteiger partial charge in [-0.25, -0.2) is 0 Å². The van der Waals surface area contributed by atoms with E-state index in [9.17, 15) is 0 Å². The summed E-state index contributed by atoms with van der Waals surface area (Å²) < 4.78 is 1.76. The summed E-state index contributed by atoms with van der Waals surface area (Å²) in [7, 11) is 0. The molecular formula is C12H23N3O. The lowest BCUT2D eigenvalue weighted by atomic mass is 10.1. The van der Waals surface area contributed by atoms with Gasteiger partial charge in [-0.2, -0.15) is 5.10 Å². The van der Waals surface area contributed by atoms with Crippen molar-refractivity contribution in [2.45, 2.75) is 52.1 Å². The highest BCUT2D eigenvalue weighted by atomic mass is 16.3. The predicted octanol–water partition coefficient (Wildman–Crippen LogP) is 2.26. The molecule has 0 fully saturated rings. The fourth-order valence-corrected chi connectivity index (χ4v) is 1.88. The van der Waals surface area contributed by atoms with Crippen molar-refractivity contribution >= 4 is 5.69 Å². The third-order valence-electron chi connectivity index (χ3n) is 2.61. The molecule has 0 saturated carbocycles. The molecule has 0 atom stereocenters. The number of nitrogens with one attached hydrogen (secondary N) is 1. The summed E-state index contributed by atoms with van der Waals surface area (Å²) in [5.74, 6) is 0. The topological polar surface area (TPSA) is 50.1 Å². The maximum atomic E-state index is 8.80. The van der Waals surface area contributed by atoms with Gasteiger partial charge in [0.25, 0.3) is 0 Å². The fourth-order valence-electron chi connectivity index (χ4n) is 1.88. The molecular weight excluding hydrogens is 202 g/mol. The number of nitrogens with zero attached hydrogens (tertiary/aromatic N) is 2. The minimum absolute atomic E-state index is 0.133. The first kappa shape index (κ1) is 13.0. The highest BCUT2D eigenvalue weighted by Crippen LogP contribution is 2.13. The van der Waals surface area contributed by atoms with Crippen molar-refractivity contribution in [2.75, 3.05) is 11.9 Å².